The number of fused-ring (bicyclic) bond motifs is 3. The Balaban J connectivity index is 1.77. The molecule has 0 saturated carbocycles. The lowest BCUT2D eigenvalue weighted by Gasteiger charge is -2.42. The highest BCUT2D eigenvalue weighted by Gasteiger charge is 2.49. The summed E-state index contributed by atoms with van der Waals surface area (Å²) in [6.45, 7) is 0. The van der Waals surface area contributed by atoms with Crippen molar-refractivity contribution in [2.45, 2.75) is 30.8 Å². The first-order chi connectivity index (χ1) is 17.9. The van der Waals surface area contributed by atoms with Gasteiger partial charge in [0.2, 0.25) is 5.88 Å². The van der Waals surface area contributed by atoms with E-state index in [0.717, 1.165) is 46.6 Å². The fourth-order valence-corrected chi connectivity index (χ4v) is 5.85. The van der Waals surface area contributed by atoms with Crippen LogP contribution in [-0.2, 0) is 4.74 Å². The van der Waals surface area contributed by atoms with Gasteiger partial charge in [-0.25, -0.2) is 0 Å². The Kier molecular flexibility index (Phi) is 6.48. The molecule has 0 aliphatic carbocycles. The lowest BCUT2D eigenvalue weighted by atomic mass is 9.76. The van der Waals surface area contributed by atoms with Crippen molar-refractivity contribution in [1.82, 2.24) is 4.90 Å². The molecule has 1 fully saturated rings. The third-order valence-corrected chi connectivity index (χ3v) is 7.63. The summed E-state index contributed by atoms with van der Waals surface area (Å²) in [6.07, 6.45) is 3.96. The van der Waals surface area contributed by atoms with Crippen molar-refractivity contribution in [3.8, 4) is 29.1 Å². The zero-order valence-electron chi connectivity index (χ0n) is 21.7. The summed E-state index contributed by atoms with van der Waals surface area (Å²) in [6, 6.07) is 13.8. The molecule has 0 radical (unpaired) electrons. The first-order valence-corrected chi connectivity index (χ1v) is 12.1. The summed E-state index contributed by atoms with van der Waals surface area (Å²) >= 11 is 0. The molecule has 1 unspecified atom stereocenters. The van der Waals surface area contributed by atoms with Crippen LogP contribution < -0.4 is 24.7 Å². The molecule has 0 spiro atoms. The predicted molar refractivity (Wildman–Crippen MR) is 139 cm³/mol. The Morgan fingerprint density at radius 3 is 2.24 bits per heavy atom. The highest BCUT2D eigenvalue weighted by atomic mass is 16.5. The molecule has 5 rings (SSSR count). The summed E-state index contributed by atoms with van der Waals surface area (Å²) in [5.41, 5.74) is 10.5. The molecule has 3 atom stereocenters. The van der Waals surface area contributed by atoms with Crippen LogP contribution in [-0.4, -0.2) is 52.5 Å². The van der Waals surface area contributed by atoms with Crippen molar-refractivity contribution in [3.05, 3.63) is 75.9 Å². The van der Waals surface area contributed by atoms with E-state index >= 15 is 0 Å². The van der Waals surface area contributed by atoms with Crippen LogP contribution in [0.15, 0.2) is 64.8 Å². The van der Waals surface area contributed by atoms with E-state index in [-0.39, 0.29) is 18.0 Å². The standard InChI is InChI=1S/C29H31N3O5/c1-32-22-8-9-23(32)27-26(20-14-18(34-3)7-11-25(20)36-5)21(15-30)29(31)37-28(27)19(22)13-16-12-17(33-2)6-10-24(16)35-4/h6-7,10-14,22-23,26H,8-9,31H2,1-5H3/b19-13+/t22?,23-,26+/m1/s1. The zero-order chi connectivity index (χ0) is 26.3. The highest BCUT2D eigenvalue weighted by Crippen LogP contribution is 2.53. The zero-order valence-corrected chi connectivity index (χ0v) is 21.7. The monoisotopic (exact) mass is 501 g/mol. The number of nitriles is 1. The average molecular weight is 502 g/mol. The van der Waals surface area contributed by atoms with E-state index in [2.05, 4.69) is 24.1 Å². The molecule has 8 nitrogen and oxygen atoms in total. The molecule has 2 aromatic carbocycles. The molecule has 192 valence electrons. The van der Waals surface area contributed by atoms with Crippen molar-refractivity contribution in [3.63, 3.8) is 0 Å². The number of rotatable bonds is 6. The summed E-state index contributed by atoms with van der Waals surface area (Å²) in [5.74, 6) is 3.14. The molecule has 0 amide bonds. The Labute approximate surface area is 217 Å². The van der Waals surface area contributed by atoms with E-state index in [1.54, 1.807) is 28.4 Å². The van der Waals surface area contributed by atoms with Gasteiger partial charge < -0.3 is 29.4 Å². The number of ether oxygens (including phenoxy) is 5. The molecular weight excluding hydrogens is 470 g/mol. The first kappa shape index (κ1) is 24.6. The third-order valence-electron chi connectivity index (χ3n) is 7.63. The van der Waals surface area contributed by atoms with Crippen molar-refractivity contribution in [2.75, 3.05) is 35.5 Å². The minimum atomic E-state index is -0.444. The number of nitrogens with zero attached hydrogens (tertiary/aromatic N) is 2. The topological polar surface area (TPSA) is 99.2 Å². The Bertz CT molecular complexity index is 1370. The quantitative estimate of drug-likeness (QED) is 0.624. The molecular formula is C29H31N3O5. The second kappa shape index (κ2) is 9.75. The van der Waals surface area contributed by atoms with E-state index in [1.807, 2.05) is 36.4 Å². The van der Waals surface area contributed by atoms with Crippen molar-refractivity contribution in [2.24, 2.45) is 5.73 Å². The van der Waals surface area contributed by atoms with Crippen molar-refractivity contribution in [1.29, 1.82) is 5.26 Å². The lowest BCUT2D eigenvalue weighted by Crippen LogP contribution is -2.43. The summed E-state index contributed by atoms with van der Waals surface area (Å²) in [4.78, 5) is 2.36. The fourth-order valence-electron chi connectivity index (χ4n) is 5.85. The van der Waals surface area contributed by atoms with E-state index in [4.69, 9.17) is 29.4 Å². The van der Waals surface area contributed by atoms with Gasteiger partial charge in [0.05, 0.1) is 34.4 Å². The van der Waals surface area contributed by atoms with E-state index < -0.39 is 5.92 Å². The van der Waals surface area contributed by atoms with Crippen LogP contribution in [0.4, 0.5) is 0 Å². The number of nitrogens with two attached hydrogens (primary N) is 1. The Morgan fingerprint density at radius 1 is 0.946 bits per heavy atom. The van der Waals surface area contributed by atoms with Gasteiger partial charge in [0.25, 0.3) is 0 Å². The number of hydrogen-bond donors (Lipinski definition) is 1. The molecule has 3 heterocycles. The molecule has 8 heteroatoms. The minimum absolute atomic E-state index is 0.0849. The first-order valence-electron chi connectivity index (χ1n) is 12.1. The van der Waals surface area contributed by atoms with Crippen LogP contribution in [0.3, 0.4) is 0 Å². The Hall–Kier alpha value is -4.09. The molecule has 2 aromatic rings. The van der Waals surface area contributed by atoms with Crippen LogP contribution in [0, 0.1) is 11.3 Å². The minimum Gasteiger partial charge on any atom is -0.497 e. The third kappa shape index (κ3) is 3.96. The van der Waals surface area contributed by atoms with Crippen LogP contribution in [0.2, 0.25) is 0 Å². The maximum Gasteiger partial charge on any atom is 0.205 e. The molecule has 0 aromatic heterocycles. The van der Waals surface area contributed by atoms with Gasteiger partial charge in [0.15, 0.2) is 0 Å². The van der Waals surface area contributed by atoms with Gasteiger partial charge in [0.1, 0.15) is 40.4 Å². The van der Waals surface area contributed by atoms with Gasteiger partial charge in [-0.15, -0.1) is 0 Å². The van der Waals surface area contributed by atoms with Crippen LogP contribution in [0.5, 0.6) is 23.0 Å². The van der Waals surface area contributed by atoms with Gasteiger partial charge in [0, 0.05) is 34.4 Å². The largest absolute Gasteiger partial charge is 0.497 e. The van der Waals surface area contributed by atoms with Gasteiger partial charge in [-0.3, -0.25) is 4.90 Å². The van der Waals surface area contributed by atoms with Crippen molar-refractivity contribution < 1.29 is 23.7 Å². The van der Waals surface area contributed by atoms with Crippen molar-refractivity contribution >= 4 is 6.08 Å². The van der Waals surface area contributed by atoms with Crippen LogP contribution in [0.1, 0.15) is 29.9 Å². The van der Waals surface area contributed by atoms with E-state index in [0.29, 0.717) is 22.8 Å². The predicted octanol–water partition coefficient (Wildman–Crippen LogP) is 4.34. The van der Waals surface area contributed by atoms with Gasteiger partial charge in [-0.2, -0.15) is 5.26 Å². The second-order valence-electron chi connectivity index (χ2n) is 9.30. The van der Waals surface area contributed by atoms with E-state index in [1.165, 1.54) is 0 Å². The smallest absolute Gasteiger partial charge is 0.205 e. The number of hydrogen-bond acceptors (Lipinski definition) is 8. The summed E-state index contributed by atoms with van der Waals surface area (Å²) < 4.78 is 28.7. The SMILES string of the molecule is COc1ccc(OC)c(/C=C2/C3=C([C@@H](c4cc(OC)ccc4OC)C(C#N)=C(N)O3)[C@H]3CCC2N3C)c1. The normalized spacial score (nSPS) is 23.9. The molecule has 3 aliphatic heterocycles. The average Bonchev–Trinajstić information content (AvgIpc) is 3.22. The van der Waals surface area contributed by atoms with Gasteiger partial charge in [-0.05, 0) is 62.4 Å². The molecule has 37 heavy (non-hydrogen) atoms. The van der Waals surface area contributed by atoms with Crippen LogP contribution >= 0.6 is 0 Å². The van der Waals surface area contributed by atoms with Gasteiger partial charge in [-0.1, -0.05) is 0 Å². The molecule has 3 aliphatic rings. The number of benzene rings is 2. The molecule has 1 saturated heterocycles. The maximum atomic E-state index is 10.2. The van der Waals surface area contributed by atoms with Gasteiger partial charge >= 0.3 is 0 Å². The fraction of sp³-hybridized carbons (Fsp3) is 0.345. The Morgan fingerprint density at radius 2 is 1.59 bits per heavy atom. The molecule has 2 bridgehead atoms. The summed E-state index contributed by atoms with van der Waals surface area (Å²) in [5, 5.41) is 10.2. The lowest BCUT2D eigenvalue weighted by molar-refractivity contribution is 0.208. The maximum absolute atomic E-state index is 10.2. The van der Waals surface area contributed by atoms with E-state index in [9.17, 15) is 5.26 Å². The second-order valence-corrected chi connectivity index (χ2v) is 9.30. The number of allylic oxidation sites excluding steroid dienone is 1. The number of likely N-dealkylation sites (N-methyl/N-ethyl adjacent to an activating group) is 1. The number of methoxy groups -OCH3 is 4. The summed E-state index contributed by atoms with van der Waals surface area (Å²) in [7, 11) is 8.65. The van der Waals surface area contributed by atoms with Crippen LogP contribution in [0.25, 0.3) is 6.08 Å². The molecule has 2 N–H and O–H groups in total. The highest BCUT2D eigenvalue weighted by molar-refractivity contribution is 5.70.